The molecular weight excluding hydrogens is 614 g/mol. The molecule has 1 unspecified atom stereocenters. The molecular formula is C37H41N3O6S. The molecule has 0 aromatic heterocycles. The highest BCUT2D eigenvalue weighted by Gasteiger charge is 2.33. The van der Waals surface area contributed by atoms with Crippen LogP contribution in [0.2, 0.25) is 0 Å². The van der Waals surface area contributed by atoms with Gasteiger partial charge in [-0.3, -0.25) is 13.9 Å². The van der Waals surface area contributed by atoms with Crippen LogP contribution < -0.4 is 19.1 Å². The normalized spacial score (nSPS) is 13.9. The first kappa shape index (κ1) is 33.5. The molecule has 1 atom stereocenters. The van der Waals surface area contributed by atoms with Crippen LogP contribution in [0.15, 0.2) is 108 Å². The monoisotopic (exact) mass is 655 g/mol. The van der Waals surface area contributed by atoms with Crippen molar-refractivity contribution in [2.75, 3.05) is 18.0 Å². The molecule has 1 aliphatic rings. The lowest BCUT2D eigenvalue weighted by atomic mass is 10.1. The molecule has 0 spiro atoms. The average molecular weight is 656 g/mol. The third-order valence-corrected chi connectivity index (χ3v) is 10.1. The first-order valence-electron chi connectivity index (χ1n) is 15.8. The summed E-state index contributed by atoms with van der Waals surface area (Å²) in [6, 6.07) is 28.7. The van der Waals surface area contributed by atoms with Gasteiger partial charge in [0.2, 0.25) is 11.8 Å². The summed E-state index contributed by atoms with van der Waals surface area (Å²) < 4.78 is 40.8. The zero-order chi connectivity index (χ0) is 33.4. The van der Waals surface area contributed by atoms with Crippen molar-refractivity contribution in [3.63, 3.8) is 0 Å². The molecule has 9 nitrogen and oxygen atoms in total. The van der Waals surface area contributed by atoms with Crippen molar-refractivity contribution < 1.29 is 27.5 Å². The predicted octanol–water partition coefficient (Wildman–Crippen LogP) is 6.47. The molecule has 0 bridgehead atoms. The molecule has 4 aromatic rings. The van der Waals surface area contributed by atoms with Crippen LogP contribution in [0.1, 0.15) is 43.7 Å². The Hall–Kier alpha value is -4.83. The fraction of sp³-hybridized carbons (Fsp3) is 0.297. The van der Waals surface area contributed by atoms with Gasteiger partial charge in [-0.05, 0) is 92.9 Å². The van der Waals surface area contributed by atoms with Gasteiger partial charge in [-0.25, -0.2) is 8.42 Å². The van der Waals surface area contributed by atoms with Gasteiger partial charge in [-0.15, -0.1) is 0 Å². The first-order chi connectivity index (χ1) is 22.6. The molecule has 1 aliphatic carbocycles. The van der Waals surface area contributed by atoms with Crippen LogP contribution in [0.3, 0.4) is 0 Å². The number of hydrogen-bond donors (Lipinski definition) is 1. The van der Waals surface area contributed by atoms with Crippen molar-refractivity contribution in [2.45, 2.75) is 63.1 Å². The highest BCUT2D eigenvalue weighted by Crippen LogP contribution is 2.29. The van der Waals surface area contributed by atoms with Crippen molar-refractivity contribution in [3.05, 3.63) is 114 Å². The minimum atomic E-state index is -4.19. The zero-order valence-electron chi connectivity index (χ0n) is 27.0. The number of carbonyl (C=O) groups excluding carboxylic acids is 2. The average Bonchev–Trinajstić information content (AvgIpc) is 3.60. The molecule has 1 N–H and O–H groups in total. The molecule has 5 rings (SSSR count). The van der Waals surface area contributed by atoms with E-state index in [1.54, 1.807) is 62.6 Å². The summed E-state index contributed by atoms with van der Waals surface area (Å²) >= 11 is 0. The van der Waals surface area contributed by atoms with E-state index in [1.165, 1.54) is 17.0 Å². The molecule has 0 radical (unpaired) electrons. The number of methoxy groups -OCH3 is 1. The number of para-hydroxylation sites is 1. The standard InChI is InChI=1S/C37H41N3O6S/c1-27-16-22-35(23-17-27)47(43,44)40(31-18-20-33(21-19-31)46-32-13-5-4-6-14-32)26-36(41)39(25-29-10-9-15-34(24-29)45-3)28(2)37(42)38-30-11-7-8-12-30/h4-6,9-10,13-24,28,30H,7-8,11-12,25-26H2,1-3H3,(H,38,42). The summed E-state index contributed by atoms with van der Waals surface area (Å²) in [5, 5.41) is 3.09. The summed E-state index contributed by atoms with van der Waals surface area (Å²) in [7, 11) is -2.64. The fourth-order valence-corrected chi connectivity index (χ4v) is 7.03. The molecule has 2 amide bonds. The van der Waals surface area contributed by atoms with E-state index in [4.69, 9.17) is 9.47 Å². The van der Waals surface area contributed by atoms with Crippen molar-refractivity contribution in [2.24, 2.45) is 0 Å². The molecule has 4 aromatic carbocycles. The number of rotatable bonds is 13. The lowest BCUT2D eigenvalue weighted by Crippen LogP contribution is -2.52. The molecule has 1 fully saturated rings. The molecule has 0 saturated heterocycles. The van der Waals surface area contributed by atoms with Crippen molar-refractivity contribution in [1.29, 1.82) is 0 Å². The number of sulfonamides is 1. The lowest BCUT2D eigenvalue weighted by Gasteiger charge is -2.32. The number of aryl methyl sites for hydroxylation is 1. The molecule has 0 heterocycles. The van der Waals surface area contributed by atoms with E-state index < -0.39 is 28.5 Å². The minimum absolute atomic E-state index is 0.0480. The summed E-state index contributed by atoms with van der Waals surface area (Å²) in [5.74, 6) is 0.957. The number of nitrogens with zero attached hydrogens (tertiary/aromatic N) is 2. The number of hydrogen-bond acceptors (Lipinski definition) is 6. The van der Waals surface area contributed by atoms with Crippen LogP contribution in [-0.2, 0) is 26.2 Å². The number of anilines is 1. The van der Waals surface area contributed by atoms with E-state index in [1.807, 2.05) is 49.4 Å². The summed E-state index contributed by atoms with van der Waals surface area (Å²) in [4.78, 5) is 29.3. The third-order valence-electron chi connectivity index (χ3n) is 8.35. The van der Waals surface area contributed by atoms with Gasteiger partial charge in [-0.1, -0.05) is 60.9 Å². The van der Waals surface area contributed by atoms with E-state index in [2.05, 4.69) is 5.32 Å². The van der Waals surface area contributed by atoms with E-state index in [9.17, 15) is 18.0 Å². The fourth-order valence-electron chi connectivity index (χ4n) is 5.61. The number of benzene rings is 4. The summed E-state index contributed by atoms with van der Waals surface area (Å²) in [6.07, 6.45) is 3.89. The quantitative estimate of drug-likeness (QED) is 0.177. The van der Waals surface area contributed by atoms with E-state index in [0.717, 1.165) is 41.1 Å². The zero-order valence-corrected chi connectivity index (χ0v) is 27.8. The molecule has 0 aliphatic heterocycles. The van der Waals surface area contributed by atoms with Gasteiger partial charge < -0.3 is 19.7 Å². The van der Waals surface area contributed by atoms with Gasteiger partial charge in [0.1, 0.15) is 29.8 Å². The summed E-state index contributed by atoms with van der Waals surface area (Å²) in [5.41, 5.74) is 1.93. The van der Waals surface area contributed by atoms with Crippen LogP contribution in [0.4, 0.5) is 5.69 Å². The first-order valence-corrected chi connectivity index (χ1v) is 17.2. The number of ether oxygens (including phenoxy) is 2. The van der Waals surface area contributed by atoms with E-state index in [-0.39, 0.29) is 29.1 Å². The number of nitrogens with one attached hydrogen (secondary N) is 1. The minimum Gasteiger partial charge on any atom is -0.497 e. The Morgan fingerprint density at radius 2 is 1.49 bits per heavy atom. The predicted molar refractivity (Wildman–Crippen MR) is 182 cm³/mol. The molecule has 47 heavy (non-hydrogen) atoms. The van der Waals surface area contributed by atoms with Crippen LogP contribution in [0.25, 0.3) is 0 Å². The van der Waals surface area contributed by atoms with Gasteiger partial charge in [0.25, 0.3) is 10.0 Å². The molecule has 10 heteroatoms. The second-order valence-electron chi connectivity index (χ2n) is 11.8. The maximum Gasteiger partial charge on any atom is 0.264 e. The second-order valence-corrected chi connectivity index (χ2v) is 13.6. The maximum absolute atomic E-state index is 14.3. The number of carbonyl (C=O) groups is 2. The SMILES string of the molecule is COc1cccc(CN(C(=O)CN(c2ccc(Oc3ccccc3)cc2)S(=O)(=O)c2ccc(C)cc2)C(C)C(=O)NC2CCCC2)c1. The molecule has 1 saturated carbocycles. The lowest BCUT2D eigenvalue weighted by molar-refractivity contribution is -0.139. The Balaban J connectivity index is 1.47. The van der Waals surface area contributed by atoms with Crippen LogP contribution >= 0.6 is 0 Å². The second kappa shape index (κ2) is 15.2. The Morgan fingerprint density at radius 3 is 2.15 bits per heavy atom. The maximum atomic E-state index is 14.3. The van der Waals surface area contributed by atoms with Crippen molar-refractivity contribution in [3.8, 4) is 17.2 Å². The Bertz CT molecular complexity index is 1760. The largest absolute Gasteiger partial charge is 0.497 e. The van der Waals surface area contributed by atoms with Gasteiger partial charge in [0.05, 0.1) is 17.7 Å². The van der Waals surface area contributed by atoms with Gasteiger partial charge in [0, 0.05) is 12.6 Å². The summed E-state index contributed by atoms with van der Waals surface area (Å²) in [6.45, 7) is 3.10. The Kier molecular flexibility index (Phi) is 10.8. The van der Waals surface area contributed by atoms with Crippen LogP contribution in [0.5, 0.6) is 17.2 Å². The van der Waals surface area contributed by atoms with Gasteiger partial charge >= 0.3 is 0 Å². The number of amides is 2. The van der Waals surface area contributed by atoms with Gasteiger partial charge in [-0.2, -0.15) is 0 Å². The van der Waals surface area contributed by atoms with E-state index in [0.29, 0.717) is 17.2 Å². The van der Waals surface area contributed by atoms with Gasteiger partial charge in [0.15, 0.2) is 0 Å². The third kappa shape index (κ3) is 8.51. The van der Waals surface area contributed by atoms with E-state index >= 15 is 0 Å². The topological polar surface area (TPSA) is 105 Å². The molecule has 246 valence electrons. The van der Waals surface area contributed by atoms with Crippen molar-refractivity contribution >= 4 is 27.5 Å². The van der Waals surface area contributed by atoms with Crippen molar-refractivity contribution in [1.82, 2.24) is 10.2 Å². The Morgan fingerprint density at radius 1 is 0.851 bits per heavy atom. The highest BCUT2D eigenvalue weighted by atomic mass is 32.2. The van der Waals surface area contributed by atoms with Crippen LogP contribution in [0, 0.1) is 6.92 Å². The van der Waals surface area contributed by atoms with Crippen LogP contribution in [-0.4, -0.2) is 50.9 Å². The highest BCUT2D eigenvalue weighted by molar-refractivity contribution is 7.92. The smallest absolute Gasteiger partial charge is 0.264 e. The Labute approximate surface area is 277 Å².